The number of likely N-dealkylation sites (tertiary alicyclic amines) is 1. The molecule has 2 aromatic heterocycles. The minimum Gasteiger partial charge on any atom is -0.489 e. The Labute approximate surface area is 192 Å². The molecule has 1 unspecified atom stereocenters. The highest BCUT2D eigenvalue weighted by atomic mass is 16.5. The van der Waals surface area contributed by atoms with E-state index < -0.39 is 0 Å². The first-order valence-corrected chi connectivity index (χ1v) is 10.9. The van der Waals surface area contributed by atoms with Gasteiger partial charge in [0.05, 0.1) is 22.5 Å². The summed E-state index contributed by atoms with van der Waals surface area (Å²) in [5.74, 6) is 1.88. The van der Waals surface area contributed by atoms with Crippen molar-refractivity contribution in [3.8, 4) is 5.75 Å². The summed E-state index contributed by atoms with van der Waals surface area (Å²) in [7, 11) is 1.58. The second-order valence-corrected chi connectivity index (χ2v) is 8.16. The lowest BCUT2D eigenvalue weighted by Crippen LogP contribution is -2.28. The summed E-state index contributed by atoms with van der Waals surface area (Å²) in [5, 5.41) is 6.51. The maximum absolute atomic E-state index is 13.0. The highest BCUT2D eigenvalue weighted by Gasteiger charge is 2.30. The largest absolute Gasteiger partial charge is 0.489 e. The van der Waals surface area contributed by atoms with E-state index >= 15 is 0 Å². The number of ether oxygens (including phenoxy) is 1. The number of hydrogen-bond donors (Lipinski definition) is 1. The van der Waals surface area contributed by atoms with Crippen LogP contribution in [0, 0.1) is 20.8 Å². The number of nitrogens with zero attached hydrogens (tertiary/aromatic N) is 4. The van der Waals surface area contributed by atoms with E-state index in [4.69, 9.17) is 9.26 Å². The molecule has 9 nitrogen and oxygen atoms in total. The molecule has 1 saturated heterocycles. The average molecular weight is 450 g/mol. The molecule has 3 heterocycles. The Hall–Kier alpha value is -3.75. The van der Waals surface area contributed by atoms with Gasteiger partial charge in [0, 0.05) is 37.8 Å². The molecular weight excluding hydrogens is 422 g/mol. The van der Waals surface area contributed by atoms with Crippen molar-refractivity contribution in [1.82, 2.24) is 25.3 Å². The van der Waals surface area contributed by atoms with E-state index in [0.717, 1.165) is 23.4 Å². The van der Waals surface area contributed by atoms with E-state index in [0.29, 0.717) is 48.1 Å². The fourth-order valence-electron chi connectivity index (χ4n) is 3.93. The Morgan fingerprint density at radius 3 is 2.58 bits per heavy atom. The number of aryl methyl sites for hydroxylation is 3. The number of benzene rings is 1. The molecule has 1 fully saturated rings. The minimum atomic E-state index is -0.207. The van der Waals surface area contributed by atoms with Crippen molar-refractivity contribution in [3.05, 3.63) is 70.1 Å². The van der Waals surface area contributed by atoms with Crippen molar-refractivity contribution in [2.75, 3.05) is 20.1 Å². The van der Waals surface area contributed by atoms with Crippen molar-refractivity contribution in [2.45, 2.75) is 39.7 Å². The first-order valence-electron chi connectivity index (χ1n) is 10.9. The van der Waals surface area contributed by atoms with E-state index in [1.54, 1.807) is 44.4 Å². The van der Waals surface area contributed by atoms with Gasteiger partial charge in [0.15, 0.2) is 0 Å². The van der Waals surface area contributed by atoms with Gasteiger partial charge in [-0.05, 0) is 51.5 Å². The minimum absolute atomic E-state index is 0.0338. The smallest absolute Gasteiger partial charge is 0.254 e. The van der Waals surface area contributed by atoms with Crippen LogP contribution in [0.15, 0.2) is 35.0 Å². The molecule has 1 aromatic carbocycles. The van der Waals surface area contributed by atoms with Gasteiger partial charge in [-0.15, -0.1) is 0 Å². The molecule has 0 radical (unpaired) electrons. The van der Waals surface area contributed by atoms with Crippen LogP contribution in [0.5, 0.6) is 5.75 Å². The molecule has 0 spiro atoms. The molecule has 0 bridgehead atoms. The lowest BCUT2D eigenvalue weighted by molar-refractivity contribution is 0.0790. The molecule has 1 aliphatic heterocycles. The highest BCUT2D eigenvalue weighted by molar-refractivity contribution is 5.95. The summed E-state index contributed by atoms with van der Waals surface area (Å²) < 4.78 is 11.0. The quantitative estimate of drug-likeness (QED) is 0.616. The van der Waals surface area contributed by atoms with Gasteiger partial charge in [0.2, 0.25) is 0 Å². The first kappa shape index (κ1) is 22.4. The molecule has 2 amide bonds. The molecule has 1 aliphatic rings. The third-order valence-electron chi connectivity index (χ3n) is 5.98. The topological polar surface area (TPSA) is 110 Å². The predicted octanol–water partition coefficient (Wildman–Crippen LogP) is 2.96. The van der Waals surface area contributed by atoms with E-state index in [9.17, 15) is 9.59 Å². The number of amides is 2. The summed E-state index contributed by atoms with van der Waals surface area (Å²) in [4.78, 5) is 35.6. The molecule has 9 heteroatoms. The van der Waals surface area contributed by atoms with Crippen LogP contribution in [-0.4, -0.2) is 52.0 Å². The number of hydrogen-bond acceptors (Lipinski definition) is 7. The molecule has 3 aromatic rings. The van der Waals surface area contributed by atoms with Gasteiger partial charge < -0.3 is 19.5 Å². The molecule has 172 valence electrons. The van der Waals surface area contributed by atoms with Crippen LogP contribution in [0.2, 0.25) is 0 Å². The Balaban J connectivity index is 1.37. The molecule has 4 rings (SSSR count). The monoisotopic (exact) mass is 449 g/mol. The van der Waals surface area contributed by atoms with E-state index in [1.165, 1.54) is 0 Å². The summed E-state index contributed by atoms with van der Waals surface area (Å²) in [5.41, 5.74) is 3.44. The number of nitrogens with one attached hydrogen (secondary N) is 1. The summed E-state index contributed by atoms with van der Waals surface area (Å²) in [6, 6.07) is 7.14. The molecular formula is C24H27N5O4. The van der Waals surface area contributed by atoms with E-state index in [-0.39, 0.29) is 17.7 Å². The van der Waals surface area contributed by atoms with Crippen LogP contribution in [0.25, 0.3) is 0 Å². The van der Waals surface area contributed by atoms with Crippen molar-refractivity contribution in [2.24, 2.45) is 0 Å². The Bertz CT molecular complexity index is 1150. The van der Waals surface area contributed by atoms with Crippen molar-refractivity contribution in [1.29, 1.82) is 0 Å². The molecule has 1 atom stereocenters. The fourth-order valence-corrected chi connectivity index (χ4v) is 3.93. The number of carbonyl (C=O) groups excluding carboxylic acids is 2. The third kappa shape index (κ3) is 4.72. The van der Waals surface area contributed by atoms with Gasteiger partial charge >= 0.3 is 0 Å². The highest BCUT2D eigenvalue weighted by Crippen LogP contribution is 2.27. The van der Waals surface area contributed by atoms with Crippen LogP contribution in [-0.2, 0) is 6.61 Å². The third-order valence-corrected chi connectivity index (χ3v) is 5.98. The normalized spacial score (nSPS) is 15.5. The molecule has 33 heavy (non-hydrogen) atoms. The Morgan fingerprint density at radius 2 is 1.94 bits per heavy atom. The van der Waals surface area contributed by atoms with Gasteiger partial charge in [-0.25, -0.2) is 9.97 Å². The van der Waals surface area contributed by atoms with Crippen LogP contribution >= 0.6 is 0 Å². The lowest BCUT2D eigenvalue weighted by Gasteiger charge is -2.17. The maximum Gasteiger partial charge on any atom is 0.254 e. The van der Waals surface area contributed by atoms with Gasteiger partial charge in [0.1, 0.15) is 23.9 Å². The standard InChI is InChI=1S/C24H27N5O4/c1-14-20(23(30)25-4)11-26-22(27-14)18-9-10-29(12-18)24(31)17-5-7-19(8-6-17)32-13-21-15(2)28-33-16(21)3/h5-8,11,18H,9-10,12-13H2,1-4H3,(H,25,30). The molecule has 1 N–H and O–H groups in total. The zero-order valence-corrected chi connectivity index (χ0v) is 19.2. The molecule has 0 aliphatic carbocycles. The zero-order chi connectivity index (χ0) is 23.5. The van der Waals surface area contributed by atoms with E-state index in [2.05, 4.69) is 20.4 Å². The summed E-state index contributed by atoms with van der Waals surface area (Å²) in [6.45, 7) is 7.06. The molecule has 0 saturated carbocycles. The Kier molecular flexibility index (Phi) is 6.39. The summed E-state index contributed by atoms with van der Waals surface area (Å²) >= 11 is 0. The average Bonchev–Trinajstić information content (AvgIpc) is 3.44. The van der Waals surface area contributed by atoms with Crippen LogP contribution < -0.4 is 10.1 Å². The van der Waals surface area contributed by atoms with E-state index in [1.807, 2.05) is 18.7 Å². The number of aromatic nitrogens is 3. The SMILES string of the molecule is CNC(=O)c1cnc(C2CCN(C(=O)c3ccc(OCc4c(C)noc4C)cc3)C2)nc1C. The fraction of sp³-hybridized carbons (Fsp3) is 0.375. The first-order chi connectivity index (χ1) is 15.9. The van der Waals surface area contributed by atoms with Crippen LogP contribution in [0.4, 0.5) is 0 Å². The van der Waals surface area contributed by atoms with Crippen molar-refractivity contribution >= 4 is 11.8 Å². The van der Waals surface area contributed by atoms with Crippen LogP contribution in [0.1, 0.15) is 61.6 Å². The van der Waals surface area contributed by atoms with Gasteiger partial charge in [-0.2, -0.15) is 0 Å². The zero-order valence-electron chi connectivity index (χ0n) is 19.2. The van der Waals surface area contributed by atoms with Crippen molar-refractivity contribution < 1.29 is 18.8 Å². The van der Waals surface area contributed by atoms with Gasteiger partial charge in [-0.3, -0.25) is 9.59 Å². The number of carbonyl (C=O) groups is 2. The van der Waals surface area contributed by atoms with Crippen LogP contribution in [0.3, 0.4) is 0 Å². The summed E-state index contributed by atoms with van der Waals surface area (Å²) in [6.07, 6.45) is 2.34. The predicted molar refractivity (Wildman–Crippen MR) is 120 cm³/mol. The van der Waals surface area contributed by atoms with Gasteiger partial charge in [0.25, 0.3) is 11.8 Å². The number of rotatable bonds is 6. The lowest BCUT2D eigenvalue weighted by atomic mass is 10.1. The van der Waals surface area contributed by atoms with Gasteiger partial charge in [-0.1, -0.05) is 5.16 Å². The maximum atomic E-state index is 13.0. The Morgan fingerprint density at radius 1 is 1.18 bits per heavy atom. The second-order valence-electron chi connectivity index (χ2n) is 8.16. The van der Waals surface area contributed by atoms with Crippen molar-refractivity contribution in [3.63, 3.8) is 0 Å². The second kappa shape index (κ2) is 9.40.